The lowest BCUT2D eigenvalue weighted by atomic mass is 10.1. The van der Waals surface area contributed by atoms with Crippen LogP contribution < -0.4 is 4.90 Å². The number of thiophene rings is 1. The minimum atomic E-state index is 0.0340. The van der Waals surface area contributed by atoms with E-state index in [2.05, 4.69) is 32.5 Å². The van der Waals surface area contributed by atoms with Gasteiger partial charge in [0.05, 0.1) is 10.4 Å². The topological polar surface area (TPSA) is 66.6 Å². The van der Waals surface area contributed by atoms with E-state index in [9.17, 15) is 4.79 Å². The van der Waals surface area contributed by atoms with Crippen LogP contribution in [0, 0.1) is 6.92 Å². The van der Waals surface area contributed by atoms with Gasteiger partial charge >= 0.3 is 0 Å². The third-order valence-corrected chi connectivity index (χ3v) is 7.27. The van der Waals surface area contributed by atoms with Crippen LogP contribution in [0.1, 0.15) is 22.8 Å². The Morgan fingerprint density at radius 2 is 1.91 bits per heavy atom. The maximum absolute atomic E-state index is 13.2. The molecule has 6 rings (SSSR count). The highest BCUT2D eigenvalue weighted by atomic mass is 32.1. The molecule has 4 heterocycles. The number of carbonyl (C=O) groups excluding carboxylic acids is 1. The molecule has 0 saturated carbocycles. The zero-order valence-corrected chi connectivity index (χ0v) is 19.9. The van der Waals surface area contributed by atoms with Gasteiger partial charge in [-0.3, -0.25) is 4.79 Å². The van der Waals surface area contributed by atoms with E-state index >= 15 is 0 Å². The zero-order valence-electron chi connectivity index (χ0n) is 19.0. The van der Waals surface area contributed by atoms with Crippen LogP contribution in [0.2, 0.25) is 0 Å². The highest BCUT2D eigenvalue weighted by Crippen LogP contribution is 2.31. The van der Waals surface area contributed by atoms with Gasteiger partial charge in [0, 0.05) is 36.6 Å². The van der Waals surface area contributed by atoms with Gasteiger partial charge in [-0.2, -0.15) is 0 Å². The highest BCUT2D eigenvalue weighted by Gasteiger charge is 2.31. The van der Waals surface area contributed by atoms with E-state index in [1.807, 2.05) is 71.8 Å². The maximum Gasteiger partial charge on any atom is 0.254 e. The number of nitrogens with zero attached hydrogens (tertiary/aromatic N) is 6. The minimum Gasteiger partial charge on any atom is -0.338 e. The van der Waals surface area contributed by atoms with Crippen molar-refractivity contribution in [1.29, 1.82) is 0 Å². The van der Waals surface area contributed by atoms with Crippen LogP contribution in [0.4, 0.5) is 5.95 Å². The molecule has 1 aliphatic rings. The Morgan fingerprint density at radius 1 is 1.03 bits per heavy atom. The lowest BCUT2D eigenvalue weighted by molar-refractivity contribution is 0.0673. The lowest BCUT2D eigenvalue weighted by Gasteiger charge is -2.40. The number of hydrogen-bond acceptors (Lipinski definition) is 6. The second-order valence-corrected chi connectivity index (χ2v) is 9.70. The summed E-state index contributed by atoms with van der Waals surface area (Å²) in [6.07, 6.45) is 0. The molecule has 0 N–H and O–H groups in total. The molecule has 2 aromatic carbocycles. The van der Waals surface area contributed by atoms with Crippen molar-refractivity contribution in [2.45, 2.75) is 19.9 Å². The molecule has 1 atom stereocenters. The molecular formula is C26H24N6OS. The molecule has 8 heteroatoms. The van der Waals surface area contributed by atoms with E-state index in [1.165, 1.54) is 0 Å². The monoisotopic (exact) mass is 468 g/mol. The Bertz CT molecular complexity index is 1510. The van der Waals surface area contributed by atoms with E-state index in [0.717, 1.165) is 44.3 Å². The summed E-state index contributed by atoms with van der Waals surface area (Å²) >= 11 is 1.64. The predicted molar refractivity (Wildman–Crippen MR) is 135 cm³/mol. The number of aryl methyl sites for hydroxylation is 1. The molecule has 0 aliphatic carbocycles. The minimum absolute atomic E-state index is 0.0340. The number of aromatic nitrogens is 4. The Morgan fingerprint density at radius 3 is 2.71 bits per heavy atom. The molecule has 1 amide bonds. The van der Waals surface area contributed by atoms with Crippen LogP contribution in [-0.4, -0.2) is 56.1 Å². The van der Waals surface area contributed by atoms with Crippen molar-refractivity contribution in [3.05, 3.63) is 77.2 Å². The summed E-state index contributed by atoms with van der Waals surface area (Å²) in [4.78, 5) is 23.6. The molecule has 1 saturated heterocycles. The van der Waals surface area contributed by atoms with Crippen LogP contribution in [0.15, 0.2) is 66.0 Å². The fourth-order valence-electron chi connectivity index (χ4n) is 4.73. The second kappa shape index (κ2) is 8.22. The molecule has 3 aromatic heterocycles. The predicted octanol–water partition coefficient (Wildman–Crippen LogP) is 4.67. The second-order valence-electron chi connectivity index (χ2n) is 8.75. The Labute approximate surface area is 201 Å². The fraction of sp³-hybridized carbons (Fsp3) is 0.231. The average Bonchev–Trinajstić information content (AvgIpc) is 3.53. The van der Waals surface area contributed by atoms with Crippen LogP contribution in [0.5, 0.6) is 0 Å². The number of benzene rings is 2. The van der Waals surface area contributed by atoms with Gasteiger partial charge in [-0.05, 0) is 49.6 Å². The lowest BCUT2D eigenvalue weighted by Crippen LogP contribution is -2.54. The summed E-state index contributed by atoms with van der Waals surface area (Å²) in [5.41, 5.74) is 3.52. The first-order valence-corrected chi connectivity index (χ1v) is 12.3. The van der Waals surface area contributed by atoms with E-state index in [0.29, 0.717) is 19.6 Å². The van der Waals surface area contributed by atoms with Crippen molar-refractivity contribution in [3.8, 4) is 10.7 Å². The molecule has 0 spiro atoms. The summed E-state index contributed by atoms with van der Waals surface area (Å²) in [6.45, 7) is 6.11. The zero-order chi connectivity index (χ0) is 23.2. The van der Waals surface area contributed by atoms with Crippen molar-refractivity contribution in [2.24, 2.45) is 0 Å². The first-order valence-electron chi connectivity index (χ1n) is 11.4. The number of anilines is 1. The van der Waals surface area contributed by atoms with Crippen molar-refractivity contribution in [1.82, 2.24) is 24.5 Å². The van der Waals surface area contributed by atoms with Crippen LogP contribution in [-0.2, 0) is 0 Å². The van der Waals surface area contributed by atoms with E-state index in [1.54, 1.807) is 11.3 Å². The van der Waals surface area contributed by atoms with Gasteiger partial charge in [0.15, 0.2) is 11.5 Å². The summed E-state index contributed by atoms with van der Waals surface area (Å²) < 4.78 is 2.07. The molecule has 1 fully saturated rings. The number of hydrogen-bond donors (Lipinski definition) is 0. The number of para-hydroxylation sites is 1. The summed E-state index contributed by atoms with van der Waals surface area (Å²) in [5.74, 6) is 1.69. The number of fused-ring (bicyclic) bond motifs is 3. The SMILES string of the molecule is Cc1cccc(C(=O)N2CCN(c3nc4ccccc4c4nnc(-c5cccs5)n34)C[C@H]2C)c1. The third kappa shape index (κ3) is 3.42. The number of amides is 1. The quantitative estimate of drug-likeness (QED) is 0.385. The molecule has 0 radical (unpaired) electrons. The van der Waals surface area contributed by atoms with Crippen molar-refractivity contribution >= 4 is 39.7 Å². The summed E-state index contributed by atoms with van der Waals surface area (Å²) in [5, 5.41) is 12.1. The maximum atomic E-state index is 13.2. The Balaban J connectivity index is 1.40. The number of rotatable bonds is 3. The van der Waals surface area contributed by atoms with Gasteiger partial charge in [0.1, 0.15) is 0 Å². The average molecular weight is 469 g/mol. The molecule has 170 valence electrons. The molecular weight excluding hydrogens is 444 g/mol. The smallest absolute Gasteiger partial charge is 0.254 e. The van der Waals surface area contributed by atoms with Gasteiger partial charge in [-0.1, -0.05) is 35.9 Å². The van der Waals surface area contributed by atoms with Crippen molar-refractivity contribution < 1.29 is 4.79 Å². The normalized spacial score (nSPS) is 16.5. The first kappa shape index (κ1) is 20.8. The third-order valence-electron chi connectivity index (χ3n) is 6.41. The molecule has 1 aliphatic heterocycles. The molecule has 5 aromatic rings. The Hall–Kier alpha value is -3.78. The van der Waals surface area contributed by atoms with Gasteiger partial charge in [0.2, 0.25) is 5.95 Å². The molecule has 0 unspecified atom stereocenters. The van der Waals surface area contributed by atoms with E-state index < -0.39 is 0 Å². The number of carbonyl (C=O) groups is 1. The Kier molecular flexibility index (Phi) is 5.03. The highest BCUT2D eigenvalue weighted by molar-refractivity contribution is 7.13. The fourth-order valence-corrected chi connectivity index (χ4v) is 5.43. The van der Waals surface area contributed by atoms with Gasteiger partial charge in [-0.25, -0.2) is 9.38 Å². The molecule has 0 bridgehead atoms. The van der Waals surface area contributed by atoms with Gasteiger partial charge < -0.3 is 9.80 Å². The largest absolute Gasteiger partial charge is 0.338 e. The summed E-state index contributed by atoms with van der Waals surface area (Å²) in [7, 11) is 0. The number of piperazine rings is 1. The van der Waals surface area contributed by atoms with E-state index in [4.69, 9.17) is 4.98 Å². The molecule has 34 heavy (non-hydrogen) atoms. The van der Waals surface area contributed by atoms with Crippen molar-refractivity contribution in [3.63, 3.8) is 0 Å². The molecule has 7 nitrogen and oxygen atoms in total. The summed E-state index contributed by atoms with van der Waals surface area (Å²) in [6, 6.07) is 20.0. The van der Waals surface area contributed by atoms with Crippen LogP contribution in [0.25, 0.3) is 27.3 Å². The van der Waals surface area contributed by atoms with Crippen molar-refractivity contribution in [2.75, 3.05) is 24.5 Å². The van der Waals surface area contributed by atoms with E-state index in [-0.39, 0.29) is 11.9 Å². The first-order chi connectivity index (χ1) is 16.6. The standard InChI is InChI=1S/C26H24N6OS/c1-17-7-5-8-19(15-17)25(33)31-13-12-30(16-18(31)2)26-27-21-10-4-3-9-20(21)23-28-29-24(32(23)26)22-11-6-14-34-22/h3-11,14-15,18H,12-13,16H2,1-2H3/t18-/m1/s1. The van der Waals surface area contributed by atoms with Crippen LogP contribution >= 0.6 is 11.3 Å². The van der Waals surface area contributed by atoms with Gasteiger partial charge in [0.25, 0.3) is 5.91 Å². The van der Waals surface area contributed by atoms with Crippen LogP contribution in [0.3, 0.4) is 0 Å². The van der Waals surface area contributed by atoms with Gasteiger partial charge in [-0.15, -0.1) is 21.5 Å².